The van der Waals surface area contributed by atoms with Crippen LogP contribution in [0.1, 0.15) is 0 Å². The van der Waals surface area contributed by atoms with Crippen molar-refractivity contribution >= 4 is 11.5 Å². The van der Waals surface area contributed by atoms with Gasteiger partial charge < -0.3 is 9.80 Å². The molecule has 0 N–H and O–H groups in total. The first-order chi connectivity index (χ1) is 10.8. The molecule has 6 nitrogen and oxygen atoms in total. The van der Waals surface area contributed by atoms with Crippen LogP contribution in [0.25, 0.3) is 16.9 Å². The van der Waals surface area contributed by atoms with Crippen molar-refractivity contribution in [1.82, 2.24) is 24.5 Å². The van der Waals surface area contributed by atoms with Crippen LogP contribution in [-0.2, 0) is 0 Å². The molecule has 1 fully saturated rings. The maximum absolute atomic E-state index is 4.79. The molecule has 0 spiro atoms. The van der Waals surface area contributed by atoms with Crippen molar-refractivity contribution in [3.63, 3.8) is 0 Å². The molecule has 3 aromatic rings. The molecule has 0 bridgehead atoms. The van der Waals surface area contributed by atoms with E-state index < -0.39 is 0 Å². The van der Waals surface area contributed by atoms with E-state index in [0.29, 0.717) is 0 Å². The number of hydrogen-bond acceptors (Lipinski definition) is 5. The second kappa shape index (κ2) is 5.38. The number of likely N-dealkylation sites (N-methyl/N-ethyl adjacent to an activating group) is 1. The number of hydrogen-bond donors (Lipinski definition) is 0. The topological polar surface area (TPSA) is 49.6 Å². The molecule has 4 rings (SSSR count). The highest BCUT2D eigenvalue weighted by Crippen LogP contribution is 2.21. The third-order valence-electron chi connectivity index (χ3n) is 4.13. The van der Waals surface area contributed by atoms with Crippen LogP contribution in [0.5, 0.6) is 0 Å². The maximum Gasteiger partial charge on any atom is 0.154 e. The second-order valence-corrected chi connectivity index (χ2v) is 5.64. The molecule has 6 heteroatoms. The van der Waals surface area contributed by atoms with E-state index in [9.17, 15) is 0 Å². The van der Waals surface area contributed by atoms with Crippen LogP contribution >= 0.6 is 0 Å². The number of aromatic nitrogens is 4. The summed E-state index contributed by atoms with van der Waals surface area (Å²) in [6, 6.07) is 8.04. The van der Waals surface area contributed by atoms with E-state index >= 15 is 0 Å². The van der Waals surface area contributed by atoms with Crippen LogP contribution in [0, 0.1) is 0 Å². The van der Waals surface area contributed by atoms with Gasteiger partial charge in [0.15, 0.2) is 5.65 Å². The van der Waals surface area contributed by atoms with Crippen LogP contribution in [0.2, 0.25) is 0 Å². The van der Waals surface area contributed by atoms with Crippen molar-refractivity contribution in [2.24, 2.45) is 0 Å². The van der Waals surface area contributed by atoms with Gasteiger partial charge in [-0.3, -0.25) is 4.98 Å². The minimum absolute atomic E-state index is 0.858. The van der Waals surface area contributed by atoms with E-state index in [2.05, 4.69) is 32.9 Å². The van der Waals surface area contributed by atoms with Crippen LogP contribution in [0.15, 0.2) is 42.9 Å². The molecule has 4 heterocycles. The summed E-state index contributed by atoms with van der Waals surface area (Å²) in [4.78, 5) is 13.3. The molecule has 22 heavy (non-hydrogen) atoms. The lowest BCUT2D eigenvalue weighted by Crippen LogP contribution is -2.44. The lowest BCUT2D eigenvalue weighted by Gasteiger charge is -2.33. The van der Waals surface area contributed by atoms with E-state index in [4.69, 9.17) is 5.10 Å². The van der Waals surface area contributed by atoms with Crippen molar-refractivity contribution in [1.29, 1.82) is 0 Å². The Morgan fingerprint density at radius 3 is 2.64 bits per heavy atom. The summed E-state index contributed by atoms with van der Waals surface area (Å²) >= 11 is 0. The van der Waals surface area contributed by atoms with Crippen molar-refractivity contribution in [3.05, 3.63) is 42.9 Å². The van der Waals surface area contributed by atoms with Gasteiger partial charge in [0.25, 0.3) is 0 Å². The number of imidazole rings is 1. The van der Waals surface area contributed by atoms with Crippen LogP contribution in [0.3, 0.4) is 0 Å². The molecule has 0 unspecified atom stereocenters. The Balaban J connectivity index is 1.74. The largest absolute Gasteiger partial charge is 0.353 e. The number of piperazine rings is 1. The predicted molar refractivity (Wildman–Crippen MR) is 85.9 cm³/mol. The van der Waals surface area contributed by atoms with E-state index in [1.54, 1.807) is 6.20 Å². The third-order valence-corrected chi connectivity index (χ3v) is 4.13. The first-order valence-electron chi connectivity index (χ1n) is 7.50. The van der Waals surface area contributed by atoms with Crippen molar-refractivity contribution < 1.29 is 0 Å². The molecule has 1 saturated heterocycles. The van der Waals surface area contributed by atoms with Crippen LogP contribution in [-0.4, -0.2) is 57.7 Å². The Morgan fingerprint density at radius 1 is 1.00 bits per heavy atom. The summed E-state index contributed by atoms with van der Waals surface area (Å²) in [7, 11) is 2.16. The number of rotatable bonds is 2. The maximum atomic E-state index is 4.79. The molecular formula is C16H18N6. The van der Waals surface area contributed by atoms with Crippen molar-refractivity contribution in [2.75, 3.05) is 38.1 Å². The SMILES string of the molecule is CN1CCN(c2ccc3ncc(-c4cccnc4)n3n2)CC1. The van der Waals surface area contributed by atoms with Crippen LogP contribution in [0.4, 0.5) is 5.82 Å². The molecule has 3 aromatic heterocycles. The summed E-state index contributed by atoms with van der Waals surface area (Å²) in [5.74, 6) is 1.00. The minimum atomic E-state index is 0.858. The Kier molecular flexibility index (Phi) is 3.23. The molecule has 1 aliphatic heterocycles. The van der Waals surface area contributed by atoms with Gasteiger partial charge in [-0.25, -0.2) is 9.50 Å². The molecule has 0 atom stereocenters. The summed E-state index contributed by atoms with van der Waals surface area (Å²) < 4.78 is 1.91. The summed E-state index contributed by atoms with van der Waals surface area (Å²) in [6.45, 7) is 4.15. The molecule has 0 aromatic carbocycles. The average Bonchev–Trinajstić information content (AvgIpc) is 2.99. The lowest BCUT2D eigenvalue weighted by molar-refractivity contribution is 0.311. The van der Waals surface area contributed by atoms with Gasteiger partial charge in [0, 0.05) is 44.1 Å². The zero-order valence-electron chi connectivity index (χ0n) is 12.6. The van der Waals surface area contributed by atoms with Gasteiger partial charge in [-0.15, -0.1) is 5.10 Å². The van der Waals surface area contributed by atoms with E-state index in [1.807, 2.05) is 35.1 Å². The summed E-state index contributed by atoms with van der Waals surface area (Å²) in [5, 5.41) is 4.79. The number of anilines is 1. The van der Waals surface area contributed by atoms with E-state index in [-0.39, 0.29) is 0 Å². The standard InChI is InChI=1S/C16H18N6/c1-20-7-9-21(10-8-20)16-5-4-15-18-12-14(22(15)19-16)13-3-2-6-17-11-13/h2-6,11-12H,7-10H2,1H3. The molecule has 112 valence electrons. The first kappa shape index (κ1) is 13.2. The van der Waals surface area contributed by atoms with Gasteiger partial charge in [0.05, 0.1) is 11.9 Å². The second-order valence-electron chi connectivity index (χ2n) is 5.64. The average molecular weight is 294 g/mol. The van der Waals surface area contributed by atoms with Gasteiger partial charge in [-0.2, -0.15) is 0 Å². The predicted octanol–water partition coefficient (Wildman–Crippen LogP) is 1.54. The monoisotopic (exact) mass is 294 g/mol. The minimum Gasteiger partial charge on any atom is -0.353 e. The van der Waals surface area contributed by atoms with Gasteiger partial charge >= 0.3 is 0 Å². The van der Waals surface area contributed by atoms with Crippen molar-refractivity contribution in [3.8, 4) is 11.3 Å². The van der Waals surface area contributed by atoms with Gasteiger partial charge in [0.1, 0.15) is 5.82 Å². The Bertz CT molecular complexity index is 774. The molecule has 0 radical (unpaired) electrons. The first-order valence-corrected chi connectivity index (χ1v) is 7.50. The Hall–Kier alpha value is -2.47. The zero-order chi connectivity index (χ0) is 14.9. The Labute approximate surface area is 129 Å². The van der Waals surface area contributed by atoms with Crippen LogP contribution < -0.4 is 4.90 Å². The fourth-order valence-electron chi connectivity index (χ4n) is 2.78. The Morgan fingerprint density at radius 2 is 1.86 bits per heavy atom. The van der Waals surface area contributed by atoms with Crippen molar-refractivity contribution in [2.45, 2.75) is 0 Å². The van der Waals surface area contributed by atoms with Gasteiger partial charge in [-0.05, 0) is 31.3 Å². The number of nitrogens with zero attached hydrogens (tertiary/aromatic N) is 6. The summed E-state index contributed by atoms with van der Waals surface area (Å²) in [5.41, 5.74) is 2.86. The quantitative estimate of drug-likeness (QED) is 0.717. The highest BCUT2D eigenvalue weighted by molar-refractivity contribution is 5.62. The molecule has 0 aliphatic carbocycles. The normalized spacial score (nSPS) is 16.3. The number of fused-ring (bicyclic) bond motifs is 1. The lowest BCUT2D eigenvalue weighted by atomic mass is 10.2. The molecule has 0 amide bonds. The smallest absolute Gasteiger partial charge is 0.154 e. The molecule has 1 aliphatic rings. The van der Waals surface area contributed by atoms with Gasteiger partial charge in [0.2, 0.25) is 0 Å². The fourth-order valence-corrected chi connectivity index (χ4v) is 2.78. The third kappa shape index (κ3) is 2.31. The molecular weight excluding hydrogens is 276 g/mol. The highest BCUT2D eigenvalue weighted by Gasteiger charge is 2.16. The summed E-state index contributed by atoms with van der Waals surface area (Å²) in [6.07, 6.45) is 5.47. The van der Waals surface area contributed by atoms with E-state index in [1.165, 1.54) is 0 Å². The number of pyridine rings is 1. The van der Waals surface area contributed by atoms with Gasteiger partial charge in [-0.1, -0.05) is 0 Å². The highest BCUT2D eigenvalue weighted by atomic mass is 15.4. The molecule has 0 saturated carbocycles. The zero-order valence-corrected chi connectivity index (χ0v) is 12.6. The van der Waals surface area contributed by atoms with E-state index in [0.717, 1.165) is 48.9 Å². The fraction of sp³-hybridized carbons (Fsp3) is 0.312.